The minimum absolute atomic E-state index is 0.0984. The van der Waals surface area contributed by atoms with Crippen molar-refractivity contribution in [3.8, 4) is 0 Å². The molecule has 1 atom stereocenters. The van der Waals surface area contributed by atoms with Gasteiger partial charge in [0.25, 0.3) is 0 Å². The molecule has 0 bridgehead atoms. The molecule has 0 radical (unpaired) electrons. The third-order valence-electron chi connectivity index (χ3n) is 2.79. The molecule has 92 valence electrons. The van der Waals surface area contributed by atoms with Crippen LogP contribution in [0.4, 0.5) is 8.78 Å². The van der Waals surface area contributed by atoms with Gasteiger partial charge in [0.15, 0.2) is 11.6 Å². The quantitative estimate of drug-likeness (QED) is 0.886. The van der Waals surface area contributed by atoms with Crippen LogP contribution in [0.5, 0.6) is 0 Å². The van der Waals surface area contributed by atoms with Crippen molar-refractivity contribution in [3.05, 3.63) is 35.6 Å². The predicted octanol–water partition coefficient (Wildman–Crippen LogP) is 3.25. The minimum Gasteiger partial charge on any atom is -0.464 e. The summed E-state index contributed by atoms with van der Waals surface area (Å²) in [6.45, 7) is 4.71. The topological polar surface area (TPSA) is 25.2 Å². The zero-order valence-electron chi connectivity index (χ0n) is 9.89. The van der Waals surface area contributed by atoms with Gasteiger partial charge in [-0.2, -0.15) is 0 Å². The highest BCUT2D eigenvalue weighted by molar-refractivity contribution is 5.78. The van der Waals surface area contributed by atoms with Crippen molar-refractivity contribution in [2.75, 3.05) is 6.54 Å². The molecule has 0 fully saturated rings. The smallest absolute Gasteiger partial charge is 0.170 e. The predicted molar refractivity (Wildman–Crippen MR) is 63.0 cm³/mol. The zero-order chi connectivity index (χ0) is 12.4. The second-order valence-corrected chi connectivity index (χ2v) is 4.16. The van der Waals surface area contributed by atoms with E-state index in [1.807, 2.05) is 13.8 Å². The van der Waals surface area contributed by atoms with Gasteiger partial charge in [0.05, 0.1) is 11.6 Å². The average Bonchev–Trinajstić information content (AvgIpc) is 2.74. The Morgan fingerprint density at radius 2 is 2.12 bits per heavy atom. The van der Waals surface area contributed by atoms with Crippen LogP contribution in [0.1, 0.15) is 19.4 Å². The van der Waals surface area contributed by atoms with E-state index in [-0.39, 0.29) is 11.4 Å². The summed E-state index contributed by atoms with van der Waals surface area (Å²) in [6.07, 6.45) is 1.80. The highest BCUT2D eigenvalue weighted by atomic mass is 19.2. The molecule has 2 aromatic rings. The molecule has 0 saturated heterocycles. The van der Waals surface area contributed by atoms with E-state index in [4.69, 9.17) is 4.42 Å². The number of halogens is 2. The number of fused-ring (bicyclic) bond motifs is 1. The Morgan fingerprint density at radius 3 is 2.82 bits per heavy atom. The van der Waals surface area contributed by atoms with Gasteiger partial charge in [0.1, 0.15) is 5.58 Å². The van der Waals surface area contributed by atoms with Gasteiger partial charge >= 0.3 is 0 Å². The first-order valence-electron chi connectivity index (χ1n) is 5.71. The molecular weight excluding hydrogens is 224 g/mol. The summed E-state index contributed by atoms with van der Waals surface area (Å²) >= 11 is 0. The Balaban J connectivity index is 2.36. The Labute approximate surface area is 98.6 Å². The molecular formula is C13H15F2NO. The fraction of sp³-hybridized carbons (Fsp3) is 0.385. The average molecular weight is 239 g/mol. The summed E-state index contributed by atoms with van der Waals surface area (Å²) in [5.41, 5.74) is 0.737. The molecule has 0 aliphatic heterocycles. The van der Waals surface area contributed by atoms with E-state index in [1.54, 1.807) is 6.07 Å². The lowest BCUT2D eigenvalue weighted by Crippen LogP contribution is -2.28. The fourth-order valence-electron chi connectivity index (χ4n) is 1.99. The van der Waals surface area contributed by atoms with Crippen LogP contribution in [0.3, 0.4) is 0 Å². The van der Waals surface area contributed by atoms with Gasteiger partial charge in [-0.3, -0.25) is 0 Å². The fourth-order valence-corrected chi connectivity index (χ4v) is 1.99. The van der Waals surface area contributed by atoms with Crippen molar-refractivity contribution in [3.63, 3.8) is 0 Å². The van der Waals surface area contributed by atoms with E-state index in [1.165, 1.54) is 12.3 Å². The molecule has 1 N–H and O–H groups in total. The molecule has 0 saturated carbocycles. The van der Waals surface area contributed by atoms with Gasteiger partial charge in [0, 0.05) is 6.04 Å². The van der Waals surface area contributed by atoms with Crippen molar-refractivity contribution >= 4 is 11.0 Å². The minimum atomic E-state index is -0.824. The number of furan rings is 1. The summed E-state index contributed by atoms with van der Waals surface area (Å²) in [5, 5.41) is 3.36. The molecule has 17 heavy (non-hydrogen) atoms. The lowest BCUT2D eigenvalue weighted by atomic mass is 10.0. The van der Waals surface area contributed by atoms with E-state index in [0.717, 1.165) is 6.54 Å². The largest absolute Gasteiger partial charge is 0.464 e. The van der Waals surface area contributed by atoms with Crippen LogP contribution < -0.4 is 5.32 Å². The van der Waals surface area contributed by atoms with Gasteiger partial charge in [-0.15, -0.1) is 0 Å². The molecule has 0 amide bonds. The van der Waals surface area contributed by atoms with Crippen LogP contribution in [-0.2, 0) is 6.42 Å². The lowest BCUT2D eigenvalue weighted by molar-refractivity contribution is 0.489. The summed E-state index contributed by atoms with van der Waals surface area (Å²) in [7, 11) is 0. The standard InChI is InChI=1S/C13H15F2NO/c1-3-16-8(2)6-9-7-11-10(4-5-17-11)13(15)12(9)14/h4-5,7-8,16H,3,6H2,1-2H3/t8-/m0/s1. The SMILES string of the molecule is CCN[C@@H](C)Cc1cc2occc2c(F)c1F. The maximum Gasteiger partial charge on any atom is 0.170 e. The van der Waals surface area contributed by atoms with E-state index in [9.17, 15) is 8.78 Å². The first kappa shape index (κ1) is 12.0. The number of hydrogen-bond acceptors (Lipinski definition) is 2. The van der Waals surface area contributed by atoms with Crippen LogP contribution >= 0.6 is 0 Å². The van der Waals surface area contributed by atoms with E-state index < -0.39 is 11.6 Å². The Bertz CT molecular complexity index is 521. The number of hydrogen-bond donors (Lipinski definition) is 1. The van der Waals surface area contributed by atoms with Crippen LogP contribution in [0.2, 0.25) is 0 Å². The Morgan fingerprint density at radius 1 is 1.35 bits per heavy atom. The van der Waals surface area contributed by atoms with Gasteiger partial charge < -0.3 is 9.73 Å². The normalized spacial score (nSPS) is 13.2. The maximum atomic E-state index is 13.8. The van der Waals surface area contributed by atoms with Crippen LogP contribution in [0, 0.1) is 11.6 Å². The summed E-state index contributed by atoms with van der Waals surface area (Å²) in [5.74, 6) is -1.60. The third-order valence-corrected chi connectivity index (χ3v) is 2.79. The third kappa shape index (κ3) is 2.31. The molecule has 4 heteroatoms. The van der Waals surface area contributed by atoms with E-state index in [0.29, 0.717) is 17.6 Å². The molecule has 1 heterocycles. The summed E-state index contributed by atoms with van der Waals surface area (Å²) in [6, 6.07) is 3.11. The zero-order valence-corrected chi connectivity index (χ0v) is 9.89. The molecule has 0 aliphatic rings. The highest BCUT2D eigenvalue weighted by Gasteiger charge is 2.16. The highest BCUT2D eigenvalue weighted by Crippen LogP contribution is 2.25. The first-order valence-corrected chi connectivity index (χ1v) is 5.71. The molecule has 2 nitrogen and oxygen atoms in total. The summed E-state index contributed by atoms with van der Waals surface area (Å²) < 4.78 is 32.5. The maximum absolute atomic E-state index is 13.8. The molecule has 0 aliphatic carbocycles. The van der Waals surface area contributed by atoms with Gasteiger partial charge in [-0.1, -0.05) is 6.92 Å². The monoisotopic (exact) mass is 239 g/mol. The van der Waals surface area contributed by atoms with Crippen molar-refractivity contribution < 1.29 is 13.2 Å². The van der Waals surface area contributed by atoms with Crippen LogP contribution in [-0.4, -0.2) is 12.6 Å². The van der Waals surface area contributed by atoms with Crippen molar-refractivity contribution in [2.45, 2.75) is 26.3 Å². The number of likely N-dealkylation sites (N-methyl/N-ethyl adjacent to an activating group) is 1. The van der Waals surface area contributed by atoms with Crippen LogP contribution in [0.15, 0.2) is 22.8 Å². The van der Waals surface area contributed by atoms with Crippen molar-refractivity contribution in [1.82, 2.24) is 5.32 Å². The van der Waals surface area contributed by atoms with Crippen LogP contribution in [0.25, 0.3) is 11.0 Å². The van der Waals surface area contributed by atoms with E-state index in [2.05, 4.69) is 5.32 Å². The van der Waals surface area contributed by atoms with Crippen molar-refractivity contribution in [2.24, 2.45) is 0 Å². The number of rotatable bonds is 4. The molecule has 1 aromatic carbocycles. The molecule has 2 rings (SSSR count). The molecule has 0 unspecified atom stereocenters. The van der Waals surface area contributed by atoms with Gasteiger partial charge in [-0.05, 0) is 37.6 Å². The van der Waals surface area contributed by atoms with Gasteiger partial charge in [0.2, 0.25) is 0 Å². The van der Waals surface area contributed by atoms with Crippen molar-refractivity contribution in [1.29, 1.82) is 0 Å². The second kappa shape index (κ2) is 4.84. The Hall–Kier alpha value is -1.42. The number of nitrogens with one attached hydrogen (secondary N) is 1. The summed E-state index contributed by atoms with van der Waals surface area (Å²) in [4.78, 5) is 0. The first-order chi connectivity index (χ1) is 8.13. The number of benzene rings is 1. The lowest BCUT2D eigenvalue weighted by Gasteiger charge is -2.13. The molecule has 0 spiro atoms. The Kier molecular flexibility index (Phi) is 3.43. The molecule has 1 aromatic heterocycles. The van der Waals surface area contributed by atoms with E-state index >= 15 is 0 Å². The second-order valence-electron chi connectivity index (χ2n) is 4.16. The van der Waals surface area contributed by atoms with Gasteiger partial charge in [-0.25, -0.2) is 8.78 Å².